The molecule has 1 aromatic carbocycles. The molecule has 17 heavy (non-hydrogen) atoms. The zero-order valence-electron chi connectivity index (χ0n) is 10.1. The number of esters is 1. The van der Waals surface area contributed by atoms with Crippen molar-refractivity contribution in [1.29, 1.82) is 0 Å². The molecule has 0 aromatic heterocycles. The highest BCUT2D eigenvalue weighted by Crippen LogP contribution is 2.37. The molecule has 0 fully saturated rings. The van der Waals surface area contributed by atoms with Crippen molar-refractivity contribution in [2.45, 2.75) is 26.9 Å². The summed E-state index contributed by atoms with van der Waals surface area (Å²) in [4.78, 5) is 22.4. The summed E-state index contributed by atoms with van der Waals surface area (Å²) in [6.45, 7) is 4.00. The maximum Gasteiger partial charge on any atom is 0.339 e. The molecule has 1 aliphatic rings. The molecule has 1 heterocycles. The van der Waals surface area contributed by atoms with Crippen molar-refractivity contribution in [3.63, 3.8) is 0 Å². The number of carbonyl (C=O) groups excluding carboxylic acids is 2. The molecule has 0 aliphatic carbocycles. The number of benzene rings is 1. The fraction of sp³-hybridized carbons (Fsp3) is 0.385. The number of methoxy groups -OCH3 is 1. The summed E-state index contributed by atoms with van der Waals surface area (Å²) < 4.78 is 10.4. The van der Waals surface area contributed by atoms with E-state index in [1.165, 1.54) is 0 Å². The van der Waals surface area contributed by atoms with Gasteiger partial charge in [-0.2, -0.15) is 0 Å². The lowest BCUT2D eigenvalue weighted by atomic mass is 9.92. The summed E-state index contributed by atoms with van der Waals surface area (Å²) in [5, 5.41) is 0. The van der Waals surface area contributed by atoms with Gasteiger partial charge < -0.3 is 14.3 Å². The molecule has 0 radical (unpaired) electrons. The number of rotatable bonds is 3. The SMILES string of the molecule is COc1c(C)c2c(c(C)c1CC=O)C(=O)OC2. The zero-order chi connectivity index (χ0) is 12.6. The first-order valence-electron chi connectivity index (χ1n) is 5.41. The molecule has 0 unspecified atom stereocenters. The fourth-order valence-electron chi connectivity index (χ4n) is 2.37. The molecule has 0 amide bonds. The van der Waals surface area contributed by atoms with E-state index in [0.29, 0.717) is 17.9 Å². The Bertz CT molecular complexity index is 503. The van der Waals surface area contributed by atoms with Gasteiger partial charge in [-0.25, -0.2) is 4.79 Å². The topological polar surface area (TPSA) is 52.6 Å². The number of carbonyl (C=O) groups is 2. The van der Waals surface area contributed by atoms with Crippen LogP contribution in [0, 0.1) is 13.8 Å². The Hall–Kier alpha value is -1.84. The average molecular weight is 234 g/mol. The van der Waals surface area contributed by atoms with Gasteiger partial charge in [0, 0.05) is 17.5 Å². The van der Waals surface area contributed by atoms with Crippen molar-refractivity contribution in [2.75, 3.05) is 7.11 Å². The molecule has 90 valence electrons. The molecular formula is C13H14O4. The minimum Gasteiger partial charge on any atom is -0.496 e. The van der Waals surface area contributed by atoms with Gasteiger partial charge in [0.15, 0.2) is 0 Å². The number of aldehydes is 1. The Kier molecular flexibility index (Phi) is 2.88. The molecule has 0 saturated heterocycles. The van der Waals surface area contributed by atoms with Crippen molar-refractivity contribution in [1.82, 2.24) is 0 Å². The van der Waals surface area contributed by atoms with E-state index in [2.05, 4.69) is 0 Å². The third-order valence-corrected chi connectivity index (χ3v) is 3.24. The van der Waals surface area contributed by atoms with Crippen molar-refractivity contribution < 1.29 is 19.1 Å². The molecule has 0 spiro atoms. The monoisotopic (exact) mass is 234 g/mol. The van der Waals surface area contributed by atoms with Crippen LogP contribution in [0.25, 0.3) is 0 Å². The predicted molar refractivity (Wildman–Crippen MR) is 61.4 cm³/mol. The second kappa shape index (κ2) is 4.20. The highest BCUT2D eigenvalue weighted by molar-refractivity contribution is 5.96. The van der Waals surface area contributed by atoms with Crippen LogP contribution in [-0.4, -0.2) is 19.4 Å². The third kappa shape index (κ3) is 1.60. The van der Waals surface area contributed by atoms with E-state index >= 15 is 0 Å². The minimum absolute atomic E-state index is 0.246. The summed E-state index contributed by atoms with van der Waals surface area (Å²) in [5.41, 5.74) is 3.92. The van der Waals surface area contributed by atoms with E-state index in [1.54, 1.807) is 7.11 Å². The molecule has 0 atom stereocenters. The molecule has 2 rings (SSSR count). The lowest BCUT2D eigenvalue weighted by Crippen LogP contribution is -2.06. The van der Waals surface area contributed by atoms with Gasteiger partial charge in [-0.05, 0) is 25.0 Å². The van der Waals surface area contributed by atoms with Gasteiger partial charge in [0.05, 0.1) is 12.7 Å². The van der Waals surface area contributed by atoms with Crippen LogP contribution in [0.4, 0.5) is 0 Å². The van der Waals surface area contributed by atoms with Gasteiger partial charge in [-0.15, -0.1) is 0 Å². The first kappa shape index (κ1) is 11.6. The number of hydrogen-bond acceptors (Lipinski definition) is 4. The third-order valence-electron chi connectivity index (χ3n) is 3.24. The van der Waals surface area contributed by atoms with Crippen LogP contribution < -0.4 is 4.74 Å². The lowest BCUT2D eigenvalue weighted by molar-refractivity contribution is -0.107. The van der Waals surface area contributed by atoms with Crippen LogP contribution in [0.1, 0.15) is 32.6 Å². The zero-order valence-corrected chi connectivity index (χ0v) is 10.1. The van der Waals surface area contributed by atoms with Gasteiger partial charge >= 0.3 is 5.97 Å². The molecule has 4 nitrogen and oxygen atoms in total. The van der Waals surface area contributed by atoms with E-state index in [1.807, 2.05) is 13.8 Å². The highest BCUT2D eigenvalue weighted by atomic mass is 16.5. The smallest absolute Gasteiger partial charge is 0.339 e. The summed E-state index contributed by atoms with van der Waals surface area (Å²) in [6, 6.07) is 0. The molecular weight excluding hydrogens is 220 g/mol. The Morgan fingerprint density at radius 2 is 2.06 bits per heavy atom. The average Bonchev–Trinajstić information content (AvgIpc) is 2.69. The number of ether oxygens (including phenoxy) is 2. The fourth-order valence-corrected chi connectivity index (χ4v) is 2.37. The van der Waals surface area contributed by atoms with Crippen LogP contribution in [0.15, 0.2) is 0 Å². The molecule has 1 aliphatic heterocycles. The van der Waals surface area contributed by atoms with E-state index in [4.69, 9.17) is 9.47 Å². The molecule has 0 N–H and O–H groups in total. The van der Waals surface area contributed by atoms with Gasteiger partial charge in [0.1, 0.15) is 18.6 Å². The van der Waals surface area contributed by atoms with Gasteiger partial charge in [-0.3, -0.25) is 0 Å². The van der Waals surface area contributed by atoms with Gasteiger partial charge in [-0.1, -0.05) is 0 Å². The van der Waals surface area contributed by atoms with E-state index in [-0.39, 0.29) is 12.4 Å². The van der Waals surface area contributed by atoms with Crippen molar-refractivity contribution >= 4 is 12.3 Å². The molecule has 0 saturated carbocycles. The van der Waals surface area contributed by atoms with Gasteiger partial charge in [0.25, 0.3) is 0 Å². The summed E-state index contributed by atoms with van der Waals surface area (Å²) in [5.74, 6) is 0.377. The highest BCUT2D eigenvalue weighted by Gasteiger charge is 2.29. The van der Waals surface area contributed by atoms with Crippen LogP contribution in [-0.2, 0) is 22.6 Å². The largest absolute Gasteiger partial charge is 0.496 e. The van der Waals surface area contributed by atoms with Crippen LogP contribution >= 0.6 is 0 Å². The van der Waals surface area contributed by atoms with Crippen molar-refractivity contribution in [2.24, 2.45) is 0 Å². The molecule has 4 heteroatoms. The van der Waals surface area contributed by atoms with Crippen molar-refractivity contribution in [3.05, 3.63) is 27.8 Å². The Morgan fingerprint density at radius 1 is 1.35 bits per heavy atom. The minimum atomic E-state index is -0.310. The molecule has 1 aromatic rings. The first-order valence-corrected chi connectivity index (χ1v) is 5.41. The van der Waals surface area contributed by atoms with E-state index in [9.17, 15) is 9.59 Å². The van der Waals surface area contributed by atoms with Crippen molar-refractivity contribution in [3.8, 4) is 5.75 Å². The Morgan fingerprint density at radius 3 is 2.65 bits per heavy atom. The maximum atomic E-state index is 11.6. The Balaban J connectivity index is 2.76. The van der Waals surface area contributed by atoms with E-state index in [0.717, 1.165) is 28.5 Å². The quantitative estimate of drug-likeness (QED) is 0.590. The second-order valence-corrected chi connectivity index (χ2v) is 4.06. The molecule has 0 bridgehead atoms. The van der Waals surface area contributed by atoms with Gasteiger partial charge in [0.2, 0.25) is 0 Å². The number of fused-ring (bicyclic) bond motifs is 1. The van der Waals surface area contributed by atoms with Crippen LogP contribution in [0.2, 0.25) is 0 Å². The standard InChI is InChI=1S/C13H14O4/c1-7-9(4-5-14)12(16-3)8(2)10-6-17-13(15)11(7)10/h5H,4,6H2,1-3H3. The maximum absolute atomic E-state index is 11.6. The summed E-state index contributed by atoms with van der Waals surface area (Å²) in [6.07, 6.45) is 1.06. The van der Waals surface area contributed by atoms with Crippen LogP contribution in [0.3, 0.4) is 0 Å². The first-order chi connectivity index (χ1) is 8.11. The Labute approximate surface area is 99.5 Å². The van der Waals surface area contributed by atoms with Crippen LogP contribution in [0.5, 0.6) is 5.75 Å². The lowest BCUT2D eigenvalue weighted by Gasteiger charge is -2.16. The summed E-state index contributed by atoms with van der Waals surface area (Å²) >= 11 is 0. The normalized spacial score (nSPS) is 13.2. The summed E-state index contributed by atoms with van der Waals surface area (Å²) in [7, 11) is 1.57. The predicted octanol–water partition coefficient (Wildman–Crippen LogP) is 1.72. The number of hydrogen-bond donors (Lipinski definition) is 0. The van der Waals surface area contributed by atoms with E-state index < -0.39 is 0 Å². The second-order valence-electron chi connectivity index (χ2n) is 4.06. The number of cyclic esters (lactones) is 1.